The molecule has 7 nitrogen and oxygen atoms in total. The summed E-state index contributed by atoms with van der Waals surface area (Å²) < 4.78 is 4.75. The van der Waals surface area contributed by atoms with Gasteiger partial charge in [-0.05, 0) is 41.0 Å². The molecule has 34 heavy (non-hydrogen) atoms. The number of methoxy groups -OCH3 is 1. The maximum absolute atomic E-state index is 13.2. The normalized spacial score (nSPS) is 15.7. The van der Waals surface area contributed by atoms with Crippen LogP contribution in [-0.2, 0) is 20.9 Å². The van der Waals surface area contributed by atoms with Gasteiger partial charge in [0.05, 0.1) is 24.3 Å². The topological polar surface area (TPSA) is 96.8 Å². The number of ketones is 1. The first-order valence-corrected chi connectivity index (χ1v) is 10.6. The number of nitrogens with zero attached hydrogens (tertiary/aromatic N) is 2. The van der Waals surface area contributed by atoms with E-state index in [0.29, 0.717) is 11.1 Å². The number of rotatable bonds is 7. The van der Waals surface area contributed by atoms with Crippen molar-refractivity contribution in [3.63, 3.8) is 0 Å². The van der Waals surface area contributed by atoms with Gasteiger partial charge in [-0.2, -0.15) is 0 Å². The van der Waals surface area contributed by atoms with Crippen molar-refractivity contribution < 1.29 is 24.2 Å². The average molecular weight is 454 g/mol. The summed E-state index contributed by atoms with van der Waals surface area (Å²) in [6.45, 7) is 0.138. The number of benzene rings is 2. The Morgan fingerprint density at radius 3 is 2.44 bits per heavy atom. The summed E-state index contributed by atoms with van der Waals surface area (Å²) in [6, 6.07) is 18.4. The molecule has 2 aromatic carbocycles. The SMILES string of the molecule is COC(=O)c1ccc(C2C(C(=O)C=Cc3ccccc3)=C(O)C(=O)N2Cc2cccnc2)cc1. The fraction of sp³-hybridized carbons (Fsp3) is 0.111. The van der Waals surface area contributed by atoms with E-state index in [1.165, 1.54) is 18.1 Å². The predicted octanol–water partition coefficient (Wildman–Crippen LogP) is 4.05. The van der Waals surface area contributed by atoms with Crippen LogP contribution in [0.25, 0.3) is 6.08 Å². The van der Waals surface area contributed by atoms with E-state index >= 15 is 0 Å². The molecule has 0 fully saturated rings. The van der Waals surface area contributed by atoms with Crippen LogP contribution in [0.15, 0.2) is 96.5 Å². The molecule has 0 saturated carbocycles. The molecule has 170 valence electrons. The number of esters is 1. The Balaban J connectivity index is 1.72. The van der Waals surface area contributed by atoms with Gasteiger partial charge in [-0.15, -0.1) is 0 Å². The Labute approximate surface area is 196 Å². The Morgan fingerprint density at radius 2 is 1.79 bits per heavy atom. The van der Waals surface area contributed by atoms with E-state index in [0.717, 1.165) is 11.1 Å². The lowest BCUT2D eigenvalue weighted by atomic mass is 9.94. The van der Waals surface area contributed by atoms with Crippen molar-refractivity contribution in [2.75, 3.05) is 7.11 Å². The van der Waals surface area contributed by atoms with Crippen LogP contribution in [0, 0.1) is 0 Å². The van der Waals surface area contributed by atoms with E-state index in [9.17, 15) is 19.5 Å². The number of hydrogen-bond acceptors (Lipinski definition) is 6. The average Bonchev–Trinajstić information content (AvgIpc) is 3.13. The molecule has 1 atom stereocenters. The van der Waals surface area contributed by atoms with E-state index in [4.69, 9.17) is 4.74 Å². The number of carbonyl (C=O) groups is 3. The molecular weight excluding hydrogens is 432 g/mol. The van der Waals surface area contributed by atoms with E-state index in [-0.39, 0.29) is 12.1 Å². The maximum Gasteiger partial charge on any atom is 0.337 e. The Bertz CT molecular complexity index is 1270. The largest absolute Gasteiger partial charge is 0.503 e. The molecule has 0 saturated heterocycles. The van der Waals surface area contributed by atoms with Crippen LogP contribution in [0.5, 0.6) is 0 Å². The fourth-order valence-corrected chi connectivity index (χ4v) is 3.85. The van der Waals surface area contributed by atoms with Crippen LogP contribution < -0.4 is 0 Å². The van der Waals surface area contributed by atoms with Gasteiger partial charge < -0.3 is 14.7 Å². The summed E-state index contributed by atoms with van der Waals surface area (Å²) in [5.74, 6) is -2.22. The summed E-state index contributed by atoms with van der Waals surface area (Å²) in [5, 5.41) is 10.7. The predicted molar refractivity (Wildman–Crippen MR) is 125 cm³/mol. The molecule has 4 rings (SSSR count). The van der Waals surface area contributed by atoms with Gasteiger partial charge in [-0.3, -0.25) is 14.6 Å². The van der Waals surface area contributed by atoms with Crippen molar-refractivity contribution in [3.8, 4) is 0 Å². The quantitative estimate of drug-likeness (QED) is 0.427. The van der Waals surface area contributed by atoms with Gasteiger partial charge in [0.1, 0.15) is 0 Å². The van der Waals surface area contributed by atoms with Crippen molar-refractivity contribution >= 4 is 23.7 Å². The molecule has 1 aliphatic rings. The smallest absolute Gasteiger partial charge is 0.337 e. The van der Waals surface area contributed by atoms with Crippen LogP contribution in [0.4, 0.5) is 0 Å². The molecule has 3 aromatic rings. The van der Waals surface area contributed by atoms with Crippen LogP contribution in [0.3, 0.4) is 0 Å². The van der Waals surface area contributed by atoms with E-state index in [1.54, 1.807) is 48.8 Å². The maximum atomic E-state index is 13.2. The number of aromatic nitrogens is 1. The number of aliphatic hydroxyl groups is 1. The second-order valence-electron chi connectivity index (χ2n) is 7.68. The Morgan fingerprint density at radius 1 is 1.06 bits per heavy atom. The first-order valence-electron chi connectivity index (χ1n) is 10.6. The van der Waals surface area contributed by atoms with Crippen molar-refractivity contribution in [2.45, 2.75) is 12.6 Å². The summed E-state index contributed by atoms with van der Waals surface area (Å²) >= 11 is 0. The number of pyridine rings is 1. The molecule has 1 aromatic heterocycles. The van der Waals surface area contributed by atoms with E-state index < -0.39 is 29.5 Å². The first-order chi connectivity index (χ1) is 16.5. The molecule has 0 spiro atoms. The highest BCUT2D eigenvalue weighted by atomic mass is 16.5. The van der Waals surface area contributed by atoms with Gasteiger partial charge in [0, 0.05) is 18.9 Å². The highest BCUT2D eigenvalue weighted by molar-refractivity contribution is 6.14. The molecule has 1 unspecified atom stereocenters. The first kappa shape index (κ1) is 22.7. The zero-order valence-electron chi connectivity index (χ0n) is 18.4. The lowest BCUT2D eigenvalue weighted by Gasteiger charge is -2.26. The highest BCUT2D eigenvalue weighted by Crippen LogP contribution is 2.39. The molecule has 1 amide bonds. The Kier molecular flexibility index (Phi) is 6.64. The third kappa shape index (κ3) is 4.63. The number of ether oxygens (including phenoxy) is 1. The summed E-state index contributed by atoms with van der Waals surface area (Å²) in [4.78, 5) is 43.6. The number of amides is 1. The van der Waals surface area contributed by atoms with Gasteiger partial charge in [0.15, 0.2) is 11.5 Å². The van der Waals surface area contributed by atoms with Crippen LogP contribution in [0.2, 0.25) is 0 Å². The number of hydrogen-bond donors (Lipinski definition) is 1. The molecular formula is C27H22N2O5. The zero-order valence-corrected chi connectivity index (χ0v) is 18.4. The third-order valence-corrected chi connectivity index (χ3v) is 5.52. The lowest BCUT2D eigenvalue weighted by molar-refractivity contribution is -0.130. The van der Waals surface area contributed by atoms with Crippen molar-refractivity contribution in [2.24, 2.45) is 0 Å². The molecule has 0 radical (unpaired) electrons. The molecule has 0 bridgehead atoms. The number of allylic oxidation sites excluding steroid dienone is 1. The van der Waals surface area contributed by atoms with Crippen LogP contribution >= 0.6 is 0 Å². The molecule has 1 aliphatic heterocycles. The highest BCUT2D eigenvalue weighted by Gasteiger charge is 2.42. The minimum atomic E-state index is -0.840. The minimum Gasteiger partial charge on any atom is -0.503 e. The van der Waals surface area contributed by atoms with Gasteiger partial charge in [-0.1, -0.05) is 54.6 Å². The molecule has 2 heterocycles. The summed E-state index contributed by atoms with van der Waals surface area (Å²) in [7, 11) is 1.29. The second-order valence-corrected chi connectivity index (χ2v) is 7.68. The molecule has 0 aliphatic carbocycles. The minimum absolute atomic E-state index is 0.0214. The third-order valence-electron chi connectivity index (χ3n) is 5.52. The number of aliphatic hydroxyl groups excluding tert-OH is 1. The molecule has 1 N–H and O–H groups in total. The lowest BCUT2D eigenvalue weighted by Crippen LogP contribution is -2.30. The molecule has 7 heteroatoms. The second kappa shape index (κ2) is 9.95. The van der Waals surface area contributed by atoms with Gasteiger partial charge >= 0.3 is 5.97 Å². The van der Waals surface area contributed by atoms with Gasteiger partial charge in [0.25, 0.3) is 5.91 Å². The summed E-state index contributed by atoms with van der Waals surface area (Å²) in [6.07, 6.45) is 6.22. The Hall–Kier alpha value is -4.52. The number of carbonyl (C=O) groups excluding carboxylic acids is 3. The summed E-state index contributed by atoms with van der Waals surface area (Å²) in [5.41, 5.74) is 2.44. The van der Waals surface area contributed by atoms with Crippen molar-refractivity contribution in [3.05, 3.63) is 119 Å². The standard InChI is InChI=1S/C27H22N2O5/c1-34-27(33)21-12-10-20(11-13-21)24-23(22(30)14-9-18-6-3-2-4-7-18)25(31)26(32)29(24)17-19-8-5-15-28-16-19/h2-16,24,31H,17H2,1H3. The zero-order chi connectivity index (χ0) is 24.1. The van der Waals surface area contributed by atoms with Gasteiger partial charge in [0.2, 0.25) is 0 Å². The van der Waals surface area contributed by atoms with E-state index in [1.807, 2.05) is 36.4 Å². The van der Waals surface area contributed by atoms with Gasteiger partial charge in [-0.25, -0.2) is 4.79 Å². The van der Waals surface area contributed by atoms with Crippen molar-refractivity contribution in [1.29, 1.82) is 0 Å². The van der Waals surface area contributed by atoms with Crippen LogP contribution in [0.1, 0.15) is 33.1 Å². The van der Waals surface area contributed by atoms with Crippen molar-refractivity contribution in [1.82, 2.24) is 9.88 Å². The van der Waals surface area contributed by atoms with Crippen LogP contribution in [-0.4, -0.2) is 39.8 Å². The monoisotopic (exact) mass is 454 g/mol. The van der Waals surface area contributed by atoms with E-state index in [2.05, 4.69) is 4.98 Å². The fourth-order valence-electron chi connectivity index (χ4n) is 3.85.